The van der Waals surface area contributed by atoms with Crippen LogP contribution in [-0.4, -0.2) is 62.0 Å². The molecule has 15 heteroatoms. The van der Waals surface area contributed by atoms with E-state index in [1.54, 1.807) is 44.0 Å². The third-order valence-corrected chi connectivity index (χ3v) is 11.1. The number of carboxylic acids is 1. The van der Waals surface area contributed by atoms with Crippen LogP contribution in [0.4, 0.5) is 15.0 Å². The Morgan fingerprint density at radius 1 is 1.13 bits per heavy atom. The number of allylic oxidation sites excluding steroid dienone is 2. The van der Waals surface area contributed by atoms with Crippen molar-refractivity contribution in [2.75, 3.05) is 18.5 Å². The number of dihydropyridines is 1. The van der Waals surface area contributed by atoms with Gasteiger partial charge >= 0.3 is 17.8 Å². The SMILES string of the molecule is CC(C)(C)OC(=O)N1CCC[C@H]1C1=C(C(=O)O)C(c2cc3ccnc(N[C@@H]4COc5ccccc54)c3s2)C(c2n[nH]c(=O)o2)=C(CCc2ccc(F)cc2)N1. The highest BCUT2D eigenvalue weighted by molar-refractivity contribution is 7.19. The largest absolute Gasteiger partial charge is 0.491 e. The number of hydrogen-bond acceptors (Lipinski definition) is 11. The van der Waals surface area contributed by atoms with E-state index in [4.69, 9.17) is 13.9 Å². The number of carbonyl (C=O) groups is 2. The van der Waals surface area contributed by atoms with Crippen LogP contribution in [-0.2, 0) is 16.0 Å². The van der Waals surface area contributed by atoms with Gasteiger partial charge in [0, 0.05) is 40.1 Å². The highest BCUT2D eigenvalue weighted by atomic mass is 32.1. The highest BCUT2D eigenvalue weighted by Crippen LogP contribution is 2.49. The summed E-state index contributed by atoms with van der Waals surface area (Å²) in [5, 5.41) is 25.5. The Bertz CT molecular complexity index is 2410. The molecule has 6 heterocycles. The number of aromatic amines is 1. The van der Waals surface area contributed by atoms with Gasteiger partial charge in [-0.05, 0) is 87.7 Å². The Morgan fingerprint density at radius 2 is 1.93 bits per heavy atom. The molecule has 0 spiro atoms. The third-order valence-electron chi connectivity index (χ3n) is 9.92. The molecule has 2 aromatic carbocycles. The molecule has 3 aromatic heterocycles. The fourth-order valence-corrected chi connectivity index (χ4v) is 8.78. The summed E-state index contributed by atoms with van der Waals surface area (Å²) < 4.78 is 31.9. The zero-order valence-electron chi connectivity index (χ0n) is 30.4. The number of fused-ring (bicyclic) bond motifs is 2. The van der Waals surface area contributed by atoms with E-state index >= 15 is 0 Å². The third kappa shape index (κ3) is 7.19. The number of likely N-dealkylation sites (tertiary alicyclic amines) is 1. The molecule has 1 amide bonds. The molecule has 3 aliphatic rings. The topological polar surface area (TPSA) is 172 Å². The first kappa shape index (κ1) is 36.0. The minimum absolute atomic E-state index is 0.0150. The van der Waals surface area contributed by atoms with Gasteiger partial charge < -0.3 is 29.6 Å². The zero-order valence-corrected chi connectivity index (χ0v) is 31.2. The highest BCUT2D eigenvalue weighted by Gasteiger charge is 2.44. The number of amides is 1. The number of carboxylic acid groups (broad SMARTS) is 1. The van der Waals surface area contributed by atoms with Crippen LogP contribution in [0.2, 0.25) is 0 Å². The molecule has 284 valence electrons. The molecular formula is C40H39FN6O7S. The van der Waals surface area contributed by atoms with Crippen LogP contribution < -0.4 is 21.1 Å². The lowest BCUT2D eigenvalue weighted by Gasteiger charge is -2.36. The van der Waals surface area contributed by atoms with Crippen molar-refractivity contribution in [3.05, 3.63) is 122 Å². The van der Waals surface area contributed by atoms with E-state index in [2.05, 4.69) is 25.8 Å². The number of nitrogens with zero attached hydrogens (tertiary/aromatic N) is 3. The predicted octanol–water partition coefficient (Wildman–Crippen LogP) is 7.13. The molecule has 1 unspecified atom stereocenters. The summed E-state index contributed by atoms with van der Waals surface area (Å²) in [5.74, 6) is -2.05. The quantitative estimate of drug-likeness (QED) is 0.120. The number of aliphatic carboxylic acids is 1. The van der Waals surface area contributed by atoms with Gasteiger partial charge in [0.05, 0.1) is 28.3 Å². The molecule has 4 N–H and O–H groups in total. The number of anilines is 1. The molecule has 1 saturated heterocycles. The average Bonchev–Trinajstić information content (AvgIpc) is 3.97. The first-order valence-electron chi connectivity index (χ1n) is 18.1. The number of hydrogen-bond donors (Lipinski definition) is 4. The number of nitrogens with one attached hydrogen (secondary N) is 3. The second-order valence-corrected chi connectivity index (χ2v) is 15.8. The van der Waals surface area contributed by atoms with Crippen LogP contribution in [0.1, 0.15) is 73.9 Å². The minimum atomic E-state index is -1.22. The molecule has 0 bridgehead atoms. The van der Waals surface area contributed by atoms with Crippen molar-refractivity contribution in [3.63, 3.8) is 0 Å². The molecule has 0 saturated carbocycles. The van der Waals surface area contributed by atoms with Crippen molar-refractivity contribution in [1.29, 1.82) is 0 Å². The predicted molar refractivity (Wildman–Crippen MR) is 203 cm³/mol. The second kappa shape index (κ2) is 14.4. The van der Waals surface area contributed by atoms with E-state index < -0.39 is 35.4 Å². The van der Waals surface area contributed by atoms with Crippen LogP contribution in [0.3, 0.4) is 0 Å². The molecule has 0 aliphatic carbocycles. The molecule has 3 aliphatic heterocycles. The standard InChI is InChI=1S/C40H39FN6O7S/c1-40(2,3)54-39(51)47-18-6-8-27(47)33-32(37(48)49)31(30(36-45-46-38(50)53-36)25(43-33)15-12-21-10-13-23(41)14-11-21)29-19-22-16-17-42-35(34(22)55-29)44-26-20-52-28-9-5-4-7-24(26)28/h4-5,7,9-11,13-14,16-17,19,26-27,31,43H,6,8,12,15,18,20H2,1-3H3,(H,42,44)(H,46,50)(H,48,49)/t26-,27+,31?/m1/s1. The van der Waals surface area contributed by atoms with E-state index in [9.17, 15) is 23.9 Å². The lowest BCUT2D eigenvalue weighted by molar-refractivity contribution is -0.133. The Hall–Kier alpha value is -5.96. The van der Waals surface area contributed by atoms with E-state index in [0.717, 1.165) is 27.0 Å². The van der Waals surface area contributed by atoms with Crippen LogP contribution in [0.5, 0.6) is 5.75 Å². The van der Waals surface area contributed by atoms with Crippen LogP contribution in [0.25, 0.3) is 15.7 Å². The number of aryl methyl sites for hydroxylation is 1. The number of carbonyl (C=O) groups excluding carboxylic acids is 1. The van der Waals surface area contributed by atoms with Gasteiger partial charge in [-0.3, -0.25) is 4.90 Å². The van der Waals surface area contributed by atoms with Crippen molar-refractivity contribution < 1.29 is 33.0 Å². The number of para-hydroxylation sites is 1. The first-order valence-corrected chi connectivity index (χ1v) is 18.9. The first-order chi connectivity index (χ1) is 26.4. The van der Waals surface area contributed by atoms with Gasteiger partial charge in [-0.25, -0.2) is 28.9 Å². The van der Waals surface area contributed by atoms with E-state index in [-0.39, 0.29) is 23.3 Å². The van der Waals surface area contributed by atoms with Crippen LogP contribution in [0, 0.1) is 5.82 Å². The summed E-state index contributed by atoms with van der Waals surface area (Å²) in [5.41, 5.74) is 2.30. The molecule has 13 nitrogen and oxygen atoms in total. The van der Waals surface area contributed by atoms with Crippen LogP contribution >= 0.6 is 11.3 Å². The van der Waals surface area contributed by atoms with Gasteiger partial charge in [0.15, 0.2) is 0 Å². The Balaban J connectivity index is 1.28. The van der Waals surface area contributed by atoms with E-state index in [1.807, 2.05) is 36.4 Å². The molecule has 3 atom stereocenters. The number of benzene rings is 2. The van der Waals surface area contributed by atoms with E-state index in [1.165, 1.54) is 23.5 Å². The van der Waals surface area contributed by atoms with Gasteiger partial charge in [-0.1, -0.05) is 30.3 Å². The fraction of sp³-hybridized carbons (Fsp3) is 0.325. The number of thiophene rings is 1. The molecule has 5 aromatic rings. The van der Waals surface area contributed by atoms with Crippen molar-refractivity contribution in [1.82, 2.24) is 25.4 Å². The maximum absolute atomic E-state index is 13.9. The van der Waals surface area contributed by atoms with Crippen molar-refractivity contribution >= 4 is 44.9 Å². The fourth-order valence-electron chi connectivity index (χ4n) is 7.56. The van der Waals surface area contributed by atoms with Crippen molar-refractivity contribution in [2.24, 2.45) is 0 Å². The smallest absolute Gasteiger partial charge is 0.434 e. The summed E-state index contributed by atoms with van der Waals surface area (Å²) in [6.45, 7) is 6.13. The number of rotatable bonds is 9. The Morgan fingerprint density at radius 3 is 2.67 bits per heavy atom. The van der Waals surface area contributed by atoms with Crippen molar-refractivity contribution in [2.45, 2.75) is 70.1 Å². The zero-order chi connectivity index (χ0) is 38.4. The summed E-state index contributed by atoms with van der Waals surface area (Å²) in [6.07, 6.45) is 2.99. The molecule has 1 fully saturated rings. The number of aromatic nitrogens is 3. The maximum atomic E-state index is 13.9. The van der Waals surface area contributed by atoms with Gasteiger partial charge in [0.2, 0.25) is 5.89 Å². The normalized spacial score (nSPS) is 19.7. The maximum Gasteiger partial charge on any atom is 0.434 e. The van der Waals surface area contributed by atoms with Crippen LogP contribution in [0.15, 0.2) is 93.0 Å². The van der Waals surface area contributed by atoms with Gasteiger partial charge in [0.25, 0.3) is 0 Å². The lowest BCUT2D eigenvalue weighted by Crippen LogP contribution is -2.45. The number of halogens is 1. The summed E-state index contributed by atoms with van der Waals surface area (Å²) in [6, 6.07) is 16.9. The number of ether oxygens (including phenoxy) is 2. The number of H-pyrrole nitrogens is 1. The van der Waals surface area contributed by atoms with E-state index in [0.29, 0.717) is 66.5 Å². The van der Waals surface area contributed by atoms with Gasteiger partial charge in [-0.2, -0.15) is 0 Å². The Labute approximate surface area is 318 Å². The summed E-state index contributed by atoms with van der Waals surface area (Å²) in [4.78, 5) is 46.7. The number of pyridine rings is 1. The van der Waals surface area contributed by atoms with Gasteiger partial charge in [-0.15, -0.1) is 16.4 Å². The van der Waals surface area contributed by atoms with Crippen molar-refractivity contribution in [3.8, 4) is 5.75 Å². The van der Waals surface area contributed by atoms with Gasteiger partial charge in [0.1, 0.15) is 29.6 Å². The molecule has 0 radical (unpaired) electrons. The summed E-state index contributed by atoms with van der Waals surface area (Å²) >= 11 is 1.37. The lowest BCUT2D eigenvalue weighted by atomic mass is 9.81. The molecule has 55 heavy (non-hydrogen) atoms. The second-order valence-electron chi connectivity index (χ2n) is 14.7. The molecular weight excluding hydrogens is 728 g/mol. The average molecular weight is 767 g/mol. The monoisotopic (exact) mass is 766 g/mol. The summed E-state index contributed by atoms with van der Waals surface area (Å²) in [7, 11) is 0. The minimum Gasteiger partial charge on any atom is -0.491 e. The Kier molecular flexibility index (Phi) is 9.41. The molecule has 8 rings (SSSR count).